The Labute approximate surface area is 146 Å². The van der Waals surface area contributed by atoms with Crippen molar-refractivity contribution >= 4 is 11.8 Å². The number of alkyl halides is 2. The Balaban J connectivity index is 2.89. The molecule has 1 rings (SSSR count). The SMILES string of the molecule is COc1cc(CN(C)C(=O)C(NC(C)=O)C(C)C)ccc1OC(F)F. The van der Waals surface area contributed by atoms with E-state index in [2.05, 4.69) is 10.1 Å². The van der Waals surface area contributed by atoms with E-state index >= 15 is 0 Å². The van der Waals surface area contributed by atoms with E-state index in [0.717, 1.165) is 0 Å². The molecular weight excluding hydrogens is 334 g/mol. The summed E-state index contributed by atoms with van der Waals surface area (Å²) >= 11 is 0. The van der Waals surface area contributed by atoms with Crippen molar-refractivity contribution in [1.82, 2.24) is 10.2 Å². The van der Waals surface area contributed by atoms with E-state index in [4.69, 9.17) is 4.74 Å². The van der Waals surface area contributed by atoms with Gasteiger partial charge in [-0.2, -0.15) is 8.78 Å². The maximum absolute atomic E-state index is 12.5. The van der Waals surface area contributed by atoms with Gasteiger partial charge in [0.05, 0.1) is 7.11 Å². The Kier molecular flexibility index (Phi) is 7.60. The first-order valence-electron chi connectivity index (χ1n) is 7.79. The molecule has 0 aliphatic heterocycles. The number of ether oxygens (including phenoxy) is 2. The molecule has 0 heterocycles. The normalized spacial score (nSPS) is 12.0. The number of carbonyl (C=O) groups is 2. The maximum Gasteiger partial charge on any atom is 0.387 e. The van der Waals surface area contributed by atoms with Crippen molar-refractivity contribution in [2.75, 3.05) is 14.2 Å². The lowest BCUT2D eigenvalue weighted by Gasteiger charge is -2.27. The number of nitrogens with zero attached hydrogens (tertiary/aromatic N) is 1. The van der Waals surface area contributed by atoms with Gasteiger partial charge in [-0.3, -0.25) is 9.59 Å². The third-order valence-corrected chi connectivity index (χ3v) is 3.53. The van der Waals surface area contributed by atoms with Gasteiger partial charge in [-0.05, 0) is 23.6 Å². The van der Waals surface area contributed by atoms with Crippen LogP contribution < -0.4 is 14.8 Å². The minimum absolute atomic E-state index is 0.0739. The number of methoxy groups -OCH3 is 1. The molecule has 25 heavy (non-hydrogen) atoms. The average Bonchev–Trinajstić information content (AvgIpc) is 2.52. The molecule has 2 amide bonds. The fourth-order valence-corrected chi connectivity index (χ4v) is 2.33. The van der Waals surface area contributed by atoms with Crippen LogP contribution in [0.2, 0.25) is 0 Å². The van der Waals surface area contributed by atoms with Crippen LogP contribution in [0.3, 0.4) is 0 Å². The maximum atomic E-state index is 12.5. The summed E-state index contributed by atoms with van der Waals surface area (Å²) in [4.78, 5) is 25.3. The zero-order valence-corrected chi connectivity index (χ0v) is 15.0. The first-order valence-corrected chi connectivity index (χ1v) is 7.79. The second-order valence-corrected chi connectivity index (χ2v) is 5.98. The monoisotopic (exact) mass is 358 g/mol. The number of nitrogens with one attached hydrogen (secondary N) is 1. The molecular formula is C17H24F2N2O4. The molecule has 1 atom stereocenters. The van der Waals surface area contributed by atoms with Crippen LogP contribution in [0.1, 0.15) is 26.3 Å². The Morgan fingerprint density at radius 3 is 2.36 bits per heavy atom. The molecule has 1 N–H and O–H groups in total. The van der Waals surface area contributed by atoms with Crippen molar-refractivity contribution in [3.8, 4) is 11.5 Å². The van der Waals surface area contributed by atoms with Gasteiger partial charge in [0.1, 0.15) is 6.04 Å². The molecule has 0 aromatic heterocycles. The van der Waals surface area contributed by atoms with Gasteiger partial charge in [-0.1, -0.05) is 19.9 Å². The van der Waals surface area contributed by atoms with Gasteiger partial charge >= 0.3 is 6.61 Å². The third-order valence-electron chi connectivity index (χ3n) is 3.53. The molecule has 1 aromatic rings. The van der Waals surface area contributed by atoms with E-state index in [0.29, 0.717) is 5.56 Å². The second kappa shape index (κ2) is 9.19. The van der Waals surface area contributed by atoms with Crippen molar-refractivity contribution in [2.24, 2.45) is 5.92 Å². The van der Waals surface area contributed by atoms with Crippen LogP contribution >= 0.6 is 0 Å². The topological polar surface area (TPSA) is 67.9 Å². The quantitative estimate of drug-likeness (QED) is 0.775. The highest BCUT2D eigenvalue weighted by molar-refractivity contribution is 5.86. The standard InChI is InChI=1S/C17H24F2N2O4/c1-10(2)15(20-11(3)22)16(23)21(4)9-12-6-7-13(25-17(18)19)14(8-12)24-5/h6-8,10,15,17H,9H2,1-5H3,(H,20,22). The largest absolute Gasteiger partial charge is 0.493 e. The Bertz CT molecular complexity index is 608. The van der Waals surface area contributed by atoms with Gasteiger partial charge in [0.2, 0.25) is 11.8 Å². The lowest BCUT2D eigenvalue weighted by Crippen LogP contribution is -2.49. The number of likely N-dealkylation sites (N-methyl/N-ethyl adjacent to an activating group) is 1. The van der Waals surface area contributed by atoms with Crippen LogP contribution in [-0.2, 0) is 16.1 Å². The zero-order chi connectivity index (χ0) is 19.1. The third kappa shape index (κ3) is 6.21. The minimum Gasteiger partial charge on any atom is -0.493 e. The van der Waals surface area contributed by atoms with Crippen LogP contribution in [0, 0.1) is 5.92 Å². The van der Waals surface area contributed by atoms with Crippen LogP contribution in [0.15, 0.2) is 18.2 Å². The Morgan fingerprint density at radius 1 is 1.24 bits per heavy atom. The van der Waals surface area contributed by atoms with E-state index in [1.807, 2.05) is 13.8 Å². The van der Waals surface area contributed by atoms with E-state index in [-0.39, 0.29) is 35.8 Å². The average molecular weight is 358 g/mol. The van der Waals surface area contributed by atoms with Crippen LogP contribution in [0.5, 0.6) is 11.5 Å². The molecule has 0 saturated carbocycles. The van der Waals surface area contributed by atoms with Crippen molar-refractivity contribution in [2.45, 2.75) is 40.0 Å². The molecule has 0 bridgehead atoms. The lowest BCUT2D eigenvalue weighted by atomic mass is 10.0. The van der Waals surface area contributed by atoms with E-state index in [1.54, 1.807) is 13.1 Å². The zero-order valence-electron chi connectivity index (χ0n) is 15.0. The summed E-state index contributed by atoms with van der Waals surface area (Å²) in [6.45, 7) is 2.31. The smallest absolute Gasteiger partial charge is 0.387 e. The summed E-state index contributed by atoms with van der Waals surface area (Å²) in [6, 6.07) is 3.84. The molecule has 0 saturated heterocycles. The number of carbonyl (C=O) groups excluding carboxylic acids is 2. The van der Waals surface area contributed by atoms with Gasteiger partial charge in [0, 0.05) is 20.5 Å². The van der Waals surface area contributed by atoms with Crippen molar-refractivity contribution in [1.29, 1.82) is 0 Å². The summed E-state index contributed by atoms with van der Waals surface area (Å²) in [5, 5.41) is 2.64. The molecule has 8 heteroatoms. The first kappa shape index (κ1) is 20.7. The number of rotatable bonds is 8. The lowest BCUT2D eigenvalue weighted by molar-refractivity contribution is -0.136. The van der Waals surface area contributed by atoms with E-state index in [1.165, 1.54) is 31.1 Å². The summed E-state index contributed by atoms with van der Waals surface area (Å²) in [6.07, 6.45) is 0. The fraction of sp³-hybridized carbons (Fsp3) is 0.529. The molecule has 0 spiro atoms. The van der Waals surface area contributed by atoms with Crippen molar-refractivity contribution < 1.29 is 27.8 Å². The van der Waals surface area contributed by atoms with Gasteiger partial charge < -0.3 is 19.7 Å². The predicted octanol–water partition coefficient (Wildman–Crippen LogP) is 2.42. The summed E-state index contributed by atoms with van der Waals surface area (Å²) in [7, 11) is 2.95. The van der Waals surface area contributed by atoms with Gasteiger partial charge in [0.15, 0.2) is 11.5 Å². The number of halogens is 2. The predicted molar refractivity (Wildman–Crippen MR) is 88.5 cm³/mol. The molecule has 0 aliphatic carbocycles. The van der Waals surface area contributed by atoms with Gasteiger partial charge in [-0.25, -0.2) is 0 Å². The number of amides is 2. The number of hydrogen-bond acceptors (Lipinski definition) is 4. The van der Waals surface area contributed by atoms with E-state index in [9.17, 15) is 18.4 Å². The van der Waals surface area contributed by atoms with Crippen LogP contribution in [0.4, 0.5) is 8.78 Å². The van der Waals surface area contributed by atoms with Crippen LogP contribution in [0.25, 0.3) is 0 Å². The molecule has 0 fully saturated rings. The van der Waals surface area contributed by atoms with Crippen molar-refractivity contribution in [3.63, 3.8) is 0 Å². The number of hydrogen-bond donors (Lipinski definition) is 1. The van der Waals surface area contributed by atoms with E-state index < -0.39 is 12.7 Å². The molecule has 140 valence electrons. The molecule has 0 aliphatic rings. The number of benzene rings is 1. The fourth-order valence-electron chi connectivity index (χ4n) is 2.33. The first-order chi connectivity index (χ1) is 11.6. The second-order valence-electron chi connectivity index (χ2n) is 5.98. The molecule has 0 radical (unpaired) electrons. The van der Waals surface area contributed by atoms with Gasteiger partial charge in [0.25, 0.3) is 0 Å². The summed E-state index contributed by atoms with van der Waals surface area (Å²) < 4.78 is 34.1. The highest BCUT2D eigenvalue weighted by atomic mass is 19.3. The van der Waals surface area contributed by atoms with Gasteiger partial charge in [-0.15, -0.1) is 0 Å². The summed E-state index contributed by atoms with van der Waals surface area (Å²) in [5.41, 5.74) is 0.680. The minimum atomic E-state index is -2.95. The Morgan fingerprint density at radius 2 is 1.88 bits per heavy atom. The van der Waals surface area contributed by atoms with Crippen LogP contribution in [-0.4, -0.2) is 43.5 Å². The summed E-state index contributed by atoms with van der Waals surface area (Å²) in [5.74, 6) is -0.516. The highest BCUT2D eigenvalue weighted by Crippen LogP contribution is 2.29. The highest BCUT2D eigenvalue weighted by Gasteiger charge is 2.26. The van der Waals surface area contributed by atoms with Crippen molar-refractivity contribution in [3.05, 3.63) is 23.8 Å². The molecule has 6 nitrogen and oxygen atoms in total. The molecule has 1 unspecified atom stereocenters. The Hall–Kier alpha value is -2.38. The molecule has 1 aromatic carbocycles.